The number of benzene rings is 1. The number of H-pyrrole nitrogens is 1. The fraction of sp³-hybridized carbons (Fsp3) is 0.0833. The number of halogens is 1. The predicted molar refractivity (Wildman–Crippen MR) is 75.6 cm³/mol. The molecule has 0 unspecified atom stereocenters. The van der Waals surface area contributed by atoms with Gasteiger partial charge in [-0.05, 0) is 18.2 Å². The van der Waals surface area contributed by atoms with E-state index in [-0.39, 0.29) is 5.69 Å². The third kappa shape index (κ3) is 2.80. The maximum atomic E-state index is 11.9. The van der Waals surface area contributed by atoms with E-state index in [9.17, 15) is 14.4 Å². The lowest BCUT2D eigenvalue weighted by atomic mass is 10.2. The smallest absolute Gasteiger partial charge is 0.268 e. The van der Waals surface area contributed by atoms with Crippen LogP contribution in [0, 0.1) is 0 Å². The van der Waals surface area contributed by atoms with E-state index in [4.69, 9.17) is 11.5 Å². The molecular formula is C12H11BrN4O3. The number of nitrogens with one attached hydrogen (secondary N) is 2. The molecule has 0 bridgehead atoms. The van der Waals surface area contributed by atoms with Crippen molar-refractivity contribution in [3.63, 3.8) is 0 Å². The van der Waals surface area contributed by atoms with Gasteiger partial charge < -0.3 is 21.8 Å². The molecule has 0 atom stereocenters. The van der Waals surface area contributed by atoms with E-state index in [2.05, 4.69) is 26.2 Å². The highest BCUT2D eigenvalue weighted by atomic mass is 79.9. The summed E-state index contributed by atoms with van der Waals surface area (Å²) in [4.78, 5) is 36.9. The number of hydrogen-bond donors (Lipinski definition) is 4. The first-order chi connectivity index (χ1) is 9.38. The average Bonchev–Trinajstić information content (AvgIpc) is 2.77. The van der Waals surface area contributed by atoms with Crippen molar-refractivity contribution < 1.29 is 14.4 Å². The zero-order valence-corrected chi connectivity index (χ0v) is 11.7. The lowest BCUT2D eigenvalue weighted by molar-refractivity contribution is -0.128. The number of aromatic nitrogens is 1. The molecule has 20 heavy (non-hydrogen) atoms. The number of rotatable bonds is 4. The Balaban J connectivity index is 2.27. The second-order valence-electron chi connectivity index (χ2n) is 4.13. The Morgan fingerprint density at radius 3 is 2.40 bits per heavy atom. The molecule has 1 heterocycles. The van der Waals surface area contributed by atoms with Crippen LogP contribution in [0.25, 0.3) is 10.9 Å². The molecule has 1 aromatic carbocycles. The van der Waals surface area contributed by atoms with Crippen molar-refractivity contribution in [2.75, 3.05) is 0 Å². The highest BCUT2D eigenvalue weighted by Gasteiger charge is 2.24. The number of fused-ring (bicyclic) bond motifs is 1. The molecule has 2 aromatic rings. The summed E-state index contributed by atoms with van der Waals surface area (Å²) in [5.74, 6) is -2.66. The third-order valence-electron chi connectivity index (χ3n) is 2.67. The number of primary amides is 2. The summed E-state index contributed by atoms with van der Waals surface area (Å²) in [6.07, 6.45) is 0. The quantitative estimate of drug-likeness (QED) is 0.585. The Kier molecular flexibility index (Phi) is 3.75. The summed E-state index contributed by atoms with van der Waals surface area (Å²) in [5.41, 5.74) is 10.9. The molecule has 6 N–H and O–H groups in total. The minimum atomic E-state index is -1.54. The number of nitrogens with two attached hydrogens (primary N) is 2. The van der Waals surface area contributed by atoms with Gasteiger partial charge in [-0.3, -0.25) is 14.4 Å². The SMILES string of the molecule is NC(=O)C(NC(=O)c1cc2ccc(Br)cc2[nH]1)C(N)=O. The molecule has 0 saturated heterocycles. The molecule has 1 aromatic heterocycles. The summed E-state index contributed by atoms with van der Waals surface area (Å²) in [6, 6.07) is 5.49. The van der Waals surface area contributed by atoms with Crippen LogP contribution in [-0.2, 0) is 9.59 Å². The molecule has 3 amide bonds. The van der Waals surface area contributed by atoms with Crippen molar-refractivity contribution in [2.24, 2.45) is 11.5 Å². The summed E-state index contributed by atoms with van der Waals surface area (Å²) >= 11 is 3.31. The topological polar surface area (TPSA) is 131 Å². The van der Waals surface area contributed by atoms with Crippen LogP contribution in [0.4, 0.5) is 0 Å². The molecule has 8 heteroatoms. The van der Waals surface area contributed by atoms with Gasteiger partial charge in [0.15, 0.2) is 6.04 Å². The number of amides is 3. The number of aromatic amines is 1. The Morgan fingerprint density at radius 1 is 1.15 bits per heavy atom. The van der Waals surface area contributed by atoms with Crippen molar-refractivity contribution in [3.05, 3.63) is 34.4 Å². The first kappa shape index (κ1) is 14.1. The maximum Gasteiger partial charge on any atom is 0.268 e. The van der Waals surface area contributed by atoms with E-state index in [1.165, 1.54) is 0 Å². The fourth-order valence-corrected chi connectivity index (χ4v) is 2.07. The van der Waals surface area contributed by atoms with Crippen molar-refractivity contribution in [1.82, 2.24) is 10.3 Å². The Bertz CT molecular complexity index is 696. The first-order valence-electron chi connectivity index (χ1n) is 5.56. The van der Waals surface area contributed by atoms with Gasteiger partial charge in [-0.25, -0.2) is 0 Å². The van der Waals surface area contributed by atoms with Gasteiger partial charge in [0.05, 0.1) is 0 Å². The van der Waals surface area contributed by atoms with Crippen LogP contribution in [0.2, 0.25) is 0 Å². The van der Waals surface area contributed by atoms with E-state index in [1.54, 1.807) is 12.1 Å². The van der Waals surface area contributed by atoms with Gasteiger partial charge in [0, 0.05) is 15.4 Å². The van der Waals surface area contributed by atoms with Crippen LogP contribution in [0.5, 0.6) is 0 Å². The van der Waals surface area contributed by atoms with E-state index < -0.39 is 23.8 Å². The maximum absolute atomic E-state index is 11.9. The zero-order valence-electron chi connectivity index (χ0n) is 10.1. The second-order valence-corrected chi connectivity index (χ2v) is 5.04. The molecule has 0 aliphatic heterocycles. The van der Waals surface area contributed by atoms with Crippen molar-refractivity contribution in [2.45, 2.75) is 6.04 Å². The van der Waals surface area contributed by atoms with Gasteiger partial charge in [-0.15, -0.1) is 0 Å². The monoisotopic (exact) mass is 338 g/mol. The van der Waals surface area contributed by atoms with E-state index in [1.807, 2.05) is 12.1 Å². The summed E-state index contributed by atoms with van der Waals surface area (Å²) in [6.45, 7) is 0. The molecule has 104 valence electrons. The zero-order chi connectivity index (χ0) is 14.9. The van der Waals surface area contributed by atoms with Crippen molar-refractivity contribution in [1.29, 1.82) is 0 Å². The van der Waals surface area contributed by atoms with Crippen LogP contribution < -0.4 is 16.8 Å². The van der Waals surface area contributed by atoms with Gasteiger partial charge >= 0.3 is 0 Å². The molecule has 0 aliphatic carbocycles. The number of carbonyl (C=O) groups excluding carboxylic acids is 3. The van der Waals surface area contributed by atoms with Gasteiger partial charge in [-0.1, -0.05) is 22.0 Å². The first-order valence-corrected chi connectivity index (χ1v) is 6.35. The largest absolute Gasteiger partial charge is 0.367 e. The van der Waals surface area contributed by atoms with Crippen LogP contribution in [-0.4, -0.2) is 28.7 Å². The summed E-state index contributed by atoms with van der Waals surface area (Å²) in [5, 5.41) is 2.99. The highest BCUT2D eigenvalue weighted by molar-refractivity contribution is 9.10. The predicted octanol–water partition coefficient (Wildman–Crippen LogP) is -0.000600. The van der Waals surface area contributed by atoms with Gasteiger partial charge in [0.2, 0.25) is 11.8 Å². The van der Waals surface area contributed by atoms with Gasteiger partial charge in [0.1, 0.15) is 5.69 Å². The molecule has 0 radical (unpaired) electrons. The van der Waals surface area contributed by atoms with Gasteiger partial charge in [0.25, 0.3) is 5.91 Å². The molecule has 0 spiro atoms. The molecule has 0 saturated carbocycles. The standard InChI is InChI=1S/C12H11BrN4O3/c13-6-2-1-5-3-8(16-7(5)4-6)12(20)17-9(10(14)18)11(15)19/h1-4,9,16H,(H2,14,18)(H2,15,19)(H,17,20). The normalized spacial score (nSPS) is 10.7. The van der Waals surface area contributed by atoms with Crippen molar-refractivity contribution in [3.8, 4) is 0 Å². The fourth-order valence-electron chi connectivity index (χ4n) is 1.71. The summed E-state index contributed by atoms with van der Waals surface area (Å²) < 4.78 is 0.853. The van der Waals surface area contributed by atoms with Crippen LogP contribution in [0.15, 0.2) is 28.7 Å². The third-order valence-corrected chi connectivity index (χ3v) is 3.17. The van der Waals surface area contributed by atoms with Crippen LogP contribution in [0.1, 0.15) is 10.5 Å². The molecular weight excluding hydrogens is 328 g/mol. The Hall–Kier alpha value is -2.35. The molecule has 7 nitrogen and oxygen atoms in total. The van der Waals surface area contributed by atoms with E-state index in [0.717, 1.165) is 15.4 Å². The lowest BCUT2D eigenvalue weighted by Gasteiger charge is -2.10. The average molecular weight is 339 g/mol. The Labute approximate surface area is 121 Å². The molecule has 0 fully saturated rings. The Morgan fingerprint density at radius 2 is 1.80 bits per heavy atom. The summed E-state index contributed by atoms with van der Waals surface area (Å²) in [7, 11) is 0. The molecule has 0 aliphatic rings. The second kappa shape index (κ2) is 5.33. The van der Waals surface area contributed by atoms with Gasteiger partial charge in [-0.2, -0.15) is 0 Å². The minimum Gasteiger partial charge on any atom is -0.367 e. The van der Waals surface area contributed by atoms with Crippen LogP contribution in [0.3, 0.4) is 0 Å². The number of carbonyl (C=O) groups is 3. The lowest BCUT2D eigenvalue weighted by Crippen LogP contribution is -2.52. The van der Waals surface area contributed by atoms with Crippen molar-refractivity contribution >= 4 is 44.6 Å². The number of hydrogen-bond acceptors (Lipinski definition) is 3. The minimum absolute atomic E-state index is 0.200. The highest BCUT2D eigenvalue weighted by Crippen LogP contribution is 2.20. The van der Waals surface area contributed by atoms with E-state index >= 15 is 0 Å². The molecule has 2 rings (SSSR count). The van der Waals surface area contributed by atoms with Crippen LogP contribution >= 0.6 is 15.9 Å². The van der Waals surface area contributed by atoms with E-state index in [0.29, 0.717) is 0 Å².